The highest BCUT2D eigenvalue weighted by molar-refractivity contribution is 5.95. The van der Waals surface area contributed by atoms with Gasteiger partial charge in [-0.25, -0.2) is 4.68 Å². The van der Waals surface area contributed by atoms with Gasteiger partial charge in [-0.05, 0) is 51.2 Å². The smallest absolute Gasteiger partial charge is 0.267 e. The lowest BCUT2D eigenvalue weighted by Gasteiger charge is -2.39. The van der Waals surface area contributed by atoms with Crippen molar-refractivity contribution in [3.05, 3.63) is 50.8 Å². The first kappa shape index (κ1) is 16.1. The van der Waals surface area contributed by atoms with Crippen LogP contribution >= 0.6 is 0 Å². The zero-order valence-electron chi connectivity index (χ0n) is 14.7. The summed E-state index contributed by atoms with van der Waals surface area (Å²) in [6, 6.07) is 3.54. The average Bonchev–Trinajstić information content (AvgIpc) is 2.88. The van der Waals surface area contributed by atoms with E-state index < -0.39 is 0 Å². The van der Waals surface area contributed by atoms with E-state index in [-0.39, 0.29) is 17.4 Å². The van der Waals surface area contributed by atoms with Crippen LogP contribution in [-0.4, -0.2) is 33.7 Å². The number of hydrogen-bond acceptors (Lipinski definition) is 4. The summed E-state index contributed by atoms with van der Waals surface area (Å²) >= 11 is 0. The minimum atomic E-state index is -0.0215. The number of fused-ring (bicyclic) bond motifs is 1. The quantitative estimate of drug-likeness (QED) is 0.857. The van der Waals surface area contributed by atoms with Crippen LogP contribution in [0, 0.1) is 19.8 Å². The van der Waals surface area contributed by atoms with Crippen molar-refractivity contribution >= 4 is 5.91 Å². The van der Waals surface area contributed by atoms with Gasteiger partial charge in [0.05, 0.1) is 17.8 Å². The van der Waals surface area contributed by atoms with E-state index in [1.54, 1.807) is 16.8 Å². The normalized spacial score (nSPS) is 17.3. The van der Waals surface area contributed by atoms with Gasteiger partial charge in [-0.1, -0.05) is 0 Å². The van der Waals surface area contributed by atoms with Gasteiger partial charge >= 0.3 is 0 Å². The number of carbonyl (C=O) groups is 1. The minimum absolute atomic E-state index is 0.0105. The molecular weight excluding hydrogens is 318 g/mol. The molecule has 2 aromatic rings. The summed E-state index contributed by atoms with van der Waals surface area (Å²) in [5.74, 6) is 1.71. The molecule has 1 aliphatic heterocycles. The van der Waals surface area contributed by atoms with Crippen LogP contribution in [-0.2, 0) is 19.4 Å². The third-order valence-corrected chi connectivity index (χ3v) is 5.22. The predicted octanol–water partition coefficient (Wildman–Crippen LogP) is 2.10. The second-order valence-corrected chi connectivity index (χ2v) is 7.25. The number of furan rings is 1. The molecule has 0 unspecified atom stereocenters. The van der Waals surface area contributed by atoms with Gasteiger partial charge in [-0.15, -0.1) is 0 Å². The van der Waals surface area contributed by atoms with E-state index in [1.807, 2.05) is 18.7 Å². The molecule has 0 atom stereocenters. The number of hydrogen-bond donors (Lipinski definition) is 0. The predicted molar refractivity (Wildman–Crippen MR) is 92.7 cm³/mol. The van der Waals surface area contributed by atoms with Crippen LogP contribution in [0.4, 0.5) is 0 Å². The summed E-state index contributed by atoms with van der Waals surface area (Å²) in [6.45, 7) is 5.56. The first-order valence-electron chi connectivity index (χ1n) is 8.97. The number of carbonyl (C=O) groups excluding carboxylic acids is 1. The van der Waals surface area contributed by atoms with Crippen molar-refractivity contribution in [1.82, 2.24) is 14.7 Å². The van der Waals surface area contributed by atoms with Crippen LogP contribution in [0.1, 0.15) is 46.0 Å². The van der Waals surface area contributed by atoms with Gasteiger partial charge in [0.15, 0.2) is 0 Å². The van der Waals surface area contributed by atoms with E-state index in [9.17, 15) is 9.59 Å². The number of aryl methyl sites for hydroxylation is 4. The van der Waals surface area contributed by atoms with Crippen molar-refractivity contribution in [3.8, 4) is 0 Å². The van der Waals surface area contributed by atoms with Crippen LogP contribution in [0.5, 0.6) is 0 Å². The second kappa shape index (κ2) is 6.17. The molecule has 0 saturated carbocycles. The molecule has 1 aliphatic carbocycles. The minimum Gasteiger partial charge on any atom is -0.466 e. The van der Waals surface area contributed by atoms with Gasteiger partial charge in [0.25, 0.3) is 11.5 Å². The van der Waals surface area contributed by atoms with Crippen LogP contribution in [0.25, 0.3) is 0 Å². The Kier molecular flexibility index (Phi) is 3.98. The summed E-state index contributed by atoms with van der Waals surface area (Å²) in [6.07, 6.45) is 4.22. The van der Waals surface area contributed by atoms with Gasteiger partial charge in [-0.2, -0.15) is 5.10 Å². The molecule has 0 radical (unpaired) electrons. The number of rotatable bonds is 3. The van der Waals surface area contributed by atoms with Crippen molar-refractivity contribution in [3.63, 3.8) is 0 Å². The number of nitrogens with zero attached hydrogens (tertiary/aromatic N) is 3. The van der Waals surface area contributed by atoms with Crippen molar-refractivity contribution in [2.75, 3.05) is 13.1 Å². The zero-order valence-corrected chi connectivity index (χ0v) is 14.7. The molecule has 3 heterocycles. The SMILES string of the molecule is Cc1cc(C(=O)N2CC(Cn3nc4c(cc3=O)CCCC4)C2)c(C)o1. The Morgan fingerprint density at radius 3 is 2.72 bits per heavy atom. The fraction of sp³-hybridized carbons (Fsp3) is 0.526. The monoisotopic (exact) mass is 341 g/mol. The summed E-state index contributed by atoms with van der Waals surface area (Å²) in [5, 5.41) is 4.57. The lowest BCUT2D eigenvalue weighted by atomic mass is 9.96. The average molecular weight is 341 g/mol. The highest BCUT2D eigenvalue weighted by atomic mass is 16.3. The van der Waals surface area contributed by atoms with Crippen molar-refractivity contribution in [1.29, 1.82) is 0 Å². The number of likely N-dealkylation sites (tertiary alicyclic amines) is 1. The fourth-order valence-corrected chi connectivity index (χ4v) is 3.84. The third kappa shape index (κ3) is 3.01. The Bertz CT molecular complexity index is 875. The standard InChI is InChI=1S/C19H23N3O3/c1-12-7-16(13(2)25-12)19(24)21-9-14(10-21)11-22-18(23)8-15-5-3-4-6-17(15)20-22/h7-8,14H,3-6,9-11H2,1-2H3. The molecule has 6 nitrogen and oxygen atoms in total. The largest absolute Gasteiger partial charge is 0.466 e. The van der Waals surface area contributed by atoms with Crippen LogP contribution in [0.15, 0.2) is 21.3 Å². The Labute approximate surface area is 146 Å². The lowest BCUT2D eigenvalue weighted by Crippen LogP contribution is -2.52. The molecule has 1 fully saturated rings. The molecule has 2 aliphatic rings. The molecule has 0 aromatic carbocycles. The van der Waals surface area contributed by atoms with Gasteiger partial charge < -0.3 is 9.32 Å². The van der Waals surface area contributed by atoms with Crippen molar-refractivity contribution in [2.45, 2.75) is 46.1 Å². The van der Waals surface area contributed by atoms with Crippen LogP contribution in [0.2, 0.25) is 0 Å². The number of aromatic nitrogens is 2. The molecule has 6 heteroatoms. The Morgan fingerprint density at radius 1 is 1.24 bits per heavy atom. The second-order valence-electron chi connectivity index (χ2n) is 7.25. The maximum absolute atomic E-state index is 12.5. The third-order valence-electron chi connectivity index (χ3n) is 5.22. The summed E-state index contributed by atoms with van der Waals surface area (Å²) in [7, 11) is 0. The molecule has 4 rings (SSSR count). The summed E-state index contributed by atoms with van der Waals surface area (Å²) < 4.78 is 7.03. The molecule has 0 N–H and O–H groups in total. The van der Waals surface area contributed by atoms with Crippen LogP contribution in [0.3, 0.4) is 0 Å². The van der Waals surface area contributed by atoms with Crippen molar-refractivity contribution < 1.29 is 9.21 Å². The molecule has 2 aromatic heterocycles. The highest BCUT2D eigenvalue weighted by Gasteiger charge is 2.33. The van der Waals surface area contributed by atoms with Gasteiger partial charge in [0, 0.05) is 25.1 Å². The topological polar surface area (TPSA) is 68.3 Å². The van der Waals surface area contributed by atoms with E-state index >= 15 is 0 Å². The molecule has 25 heavy (non-hydrogen) atoms. The van der Waals surface area contributed by atoms with Crippen molar-refractivity contribution in [2.24, 2.45) is 5.92 Å². The highest BCUT2D eigenvalue weighted by Crippen LogP contribution is 2.23. The van der Waals surface area contributed by atoms with Gasteiger partial charge in [0.1, 0.15) is 11.5 Å². The molecule has 1 amide bonds. The van der Waals surface area contributed by atoms with E-state index in [0.717, 1.165) is 42.7 Å². The Balaban J connectivity index is 1.41. The van der Waals surface area contributed by atoms with Gasteiger partial charge in [-0.3, -0.25) is 9.59 Å². The Hall–Kier alpha value is -2.37. The van der Waals surface area contributed by atoms with E-state index in [2.05, 4.69) is 5.10 Å². The van der Waals surface area contributed by atoms with Crippen LogP contribution < -0.4 is 5.56 Å². The Morgan fingerprint density at radius 2 is 2.00 bits per heavy atom. The lowest BCUT2D eigenvalue weighted by molar-refractivity contribution is 0.0456. The molecule has 0 spiro atoms. The molecule has 0 bridgehead atoms. The van der Waals surface area contributed by atoms with E-state index in [1.165, 1.54) is 0 Å². The fourth-order valence-electron chi connectivity index (χ4n) is 3.84. The number of amides is 1. The maximum Gasteiger partial charge on any atom is 0.267 e. The zero-order chi connectivity index (χ0) is 17.6. The molecule has 1 saturated heterocycles. The molecule has 132 valence electrons. The first-order chi connectivity index (χ1) is 12.0. The first-order valence-corrected chi connectivity index (χ1v) is 8.97. The van der Waals surface area contributed by atoms with Gasteiger partial charge in [0.2, 0.25) is 0 Å². The van der Waals surface area contributed by atoms with E-state index in [0.29, 0.717) is 31.0 Å². The molecular formula is C19H23N3O3. The maximum atomic E-state index is 12.5. The summed E-state index contributed by atoms with van der Waals surface area (Å²) in [5.41, 5.74) is 2.80. The van der Waals surface area contributed by atoms with E-state index in [4.69, 9.17) is 4.42 Å². The summed E-state index contributed by atoms with van der Waals surface area (Å²) in [4.78, 5) is 26.6.